The number of nitrogens with zero attached hydrogens (tertiary/aromatic N) is 2. The molecule has 2 aromatic carbocycles. The molecule has 0 atom stereocenters. The lowest BCUT2D eigenvalue weighted by Gasteiger charge is -2.18. The van der Waals surface area contributed by atoms with E-state index in [1.165, 1.54) is 36.2 Å². The summed E-state index contributed by atoms with van der Waals surface area (Å²) in [6.07, 6.45) is 0. The summed E-state index contributed by atoms with van der Waals surface area (Å²) in [5, 5.41) is 0.159. The number of rotatable bonds is 4. The highest BCUT2D eigenvalue weighted by Gasteiger charge is 2.31. The van der Waals surface area contributed by atoms with Gasteiger partial charge in [-0.2, -0.15) is 8.42 Å². The van der Waals surface area contributed by atoms with Crippen molar-refractivity contribution in [1.82, 2.24) is 4.90 Å². The second-order valence-corrected chi connectivity index (χ2v) is 7.58. The van der Waals surface area contributed by atoms with E-state index in [9.17, 15) is 17.6 Å². The Morgan fingerprint density at radius 2 is 1.96 bits per heavy atom. The lowest BCUT2D eigenvalue weighted by Crippen LogP contribution is -2.33. The minimum Gasteiger partial charge on any atom is -0.459 e. The van der Waals surface area contributed by atoms with Crippen molar-refractivity contribution in [3.63, 3.8) is 0 Å². The van der Waals surface area contributed by atoms with Crippen molar-refractivity contribution in [1.29, 1.82) is 0 Å². The zero-order valence-corrected chi connectivity index (χ0v) is 15.2. The zero-order valence-electron chi connectivity index (χ0n) is 13.6. The van der Waals surface area contributed by atoms with E-state index in [2.05, 4.69) is 4.40 Å². The van der Waals surface area contributed by atoms with Crippen molar-refractivity contribution in [2.75, 3.05) is 13.6 Å². The molecule has 6 nitrogen and oxygen atoms in total. The number of amidine groups is 1. The van der Waals surface area contributed by atoms with Gasteiger partial charge in [0.15, 0.2) is 5.84 Å². The molecule has 26 heavy (non-hydrogen) atoms. The van der Waals surface area contributed by atoms with E-state index in [1.807, 2.05) is 0 Å². The van der Waals surface area contributed by atoms with Crippen molar-refractivity contribution in [2.24, 2.45) is 4.40 Å². The Morgan fingerprint density at radius 1 is 1.23 bits per heavy atom. The van der Waals surface area contributed by atoms with Gasteiger partial charge in [0.25, 0.3) is 10.0 Å². The Morgan fingerprint density at radius 3 is 2.69 bits per heavy atom. The van der Waals surface area contributed by atoms with Gasteiger partial charge in [-0.3, -0.25) is 4.79 Å². The Labute approximate surface area is 154 Å². The SMILES string of the molecule is CN(CC(=O)OCc1c(F)cccc1Cl)C1=NS(=O)(=O)c2ccccc21. The van der Waals surface area contributed by atoms with Gasteiger partial charge < -0.3 is 9.64 Å². The van der Waals surface area contributed by atoms with Gasteiger partial charge >= 0.3 is 5.97 Å². The molecule has 0 bridgehead atoms. The second-order valence-electron chi connectivity index (χ2n) is 5.60. The minimum atomic E-state index is -3.77. The molecule has 0 fully saturated rings. The number of carbonyl (C=O) groups excluding carboxylic acids is 1. The summed E-state index contributed by atoms with van der Waals surface area (Å²) in [5.74, 6) is -1.09. The molecule has 1 aliphatic heterocycles. The maximum absolute atomic E-state index is 13.7. The number of ether oxygens (including phenoxy) is 1. The van der Waals surface area contributed by atoms with Crippen molar-refractivity contribution in [3.05, 3.63) is 64.4 Å². The van der Waals surface area contributed by atoms with Crippen molar-refractivity contribution in [2.45, 2.75) is 11.5 Å². The molecule has 0 amide bonds. The molecule has 0 saturated carbocycles. The van der Waals surface area contributed by atoms with Crippen LogP contribution in [0.3, 0.4) is 0 Å². The van der Waals surface area contributed by atoms with Crippen LogP contribution >= 0.6 is 11.6 Å². The Balaban J connectivity index is 1.69. The van der Waals surface area contributed by atoms with E-state index in [1.54, 1.807) is 18.2 Å². The van der Waals surface area contributed by atoms with E-state index in [0.29, 0.717) is 5.56 Å². The summed E-state index contributed by atoms with van der Waals surface area (Å²) in [5.41, 5.74) is 0.497. The first-order valence-corrected chi connectivity index (χ1v) is 9.35. The molecule has 0 N–H and O–H groups in total. The quantitative estimate of drug-likeness (QED) is 0.742. The fourth-order valence-electron chi connectivity index (χ4n) is 2.50. The molecule has 0 aliphatic carbocycles. The van der Waals surface area contributed by atoms with Crippen molar-refractivity contribution < 1.29 is 22.3 Å². The normalized spacial score (nSPS) is 14.5. The molecule has 0 radical (unpaired) electrons. The number of hydrogen-bond donors (Lipinski definition) is 0. The Kier molecular flexibility index (Phi) is 4.97. The first-order valence-electron chi connectivity index (χ1n) is 7.53. The number of halogens is 2. The lowest BCUT2D eigenvalue weighted by atomic mass is 10.2. The van der Waals surface area contributed by atoms with Gasteiger partial charge in [0.1, 0.15) is 23.9 Å². The number of carbonyl (C=O) groups is 1. The van der Waals surface area contributed by atoms with Crippen LogP contribution in [0.2, 0.25) is 5.02 Å². The summed E-state index contributed by atoms with van der Waals surface area (Å²) in [6.45, 7) is -0.575. The molecule has 1 heterocycles. The number of fused-ring (bicyclic) bond motifs is 1. The molecular formula is C17H14ClFN2O4S. The summed E-state index contributed by atoms with van der Waals surface area (Å²) >= 11 is 5.88. The topological polar surface area (TPSA) is 76.0 Å². The van der Waals surface area contributed by atoms with Crippen LogP contribution in [0.25, 0.3) is 0 Å². The van der Waals surface area contributed by atoms with Crippen LogP contribution in [0.4, 0.5) is 4.39 Å². The van der Waals surface area contributed by atoms with E-state index in [4.69, 9.17) is 16.3 Å². The molecular weight excluding hydrogens is 383 g/mol. The predicted octanol–water partition coefficient (Wildman–Crippen LogP) is 2.60. The molecule has 0 aromatic heterocycles. The van der Waals surface area contributed by atoms with Gasteiger partial charge in [-0.15, -0.1) is 4.40 Å². The smallest absolute Gasteiger partial charge is 0.325 e. The van der Waals surface area contributed by atoms with E-state index >= 15 is 0 Å². The van der Waals surface area contributed by atoms with Crippen molar-refractivity contribution >= 4 is 33.4 Å². The molecule has 0 saturated heterocycles. The first-order chi connectivity index (χ1) is 12.3. The summed E-state index contributed by atoms with van der Waals surface area (Å²) in [7, 11) is -2.25. The molecule has 3 rings (SSSR count). The number of esters is 1. The van der Waals surface area contributed by atoms with E-state index < -0.39 is 21.8 Å². The van der Waals surface area contributed by atoms with Gasteiger partial charge in [0.2, 0.25) is 0 Å². The average Bonchev–Trinajstić information content (AvgIpc) is 2.86. The van der Waals surface area contributed by atoms with Gasteiger partial charge in [-0.25, -0.2) is 4.39 Å². The van der Waals surface area contributed by atoms with Gasteiger partial charge in [0.05, 0.1) is 5.02 Å². The average molecular weight is 397 g/mol. The van der Waals surface area contributed by atoms with Gasteiger partial charge in [-0.1, -0.05) is 29.8 Å². The fraction of sp³-hybridized carbons (Fsp3) is 0.176. The van der Waals surface area contributed by atoms with Crippen LogP contribution < -0.4 is 0 Å². The molecule has 136 valence electrons. The monoisotopic (exact) mass is 396 g/mol. The predicted molar refractivity (Wildman–Crippen MR) is 94.0 cm³/mol. The third-order valence-corrected chi connectivity index (χ3v) is 5.46. The Bertz CT molecular complexity index is 987. The molecule has 2 aromatic rings. The lowest BCUT2D eigenvalue weighted by molar-refractivity contribution is -0.145. The first kappa shape index (κ1) is 18.3. The summed E-state index contributed by atoms with van der Waals surface area (Å²) in [6, 6.07) is 10.5. The molecule has 1 aliphatic rings. The standard InChI is InChI=1S/C17H14ClFN2O4S/c1-21(17-11-5-2-3-8-15(11)26(23,24)20-17)9-16(22)25-10-12-13(18)6-4-7-14(12)19/h2-8H,9-10H2,1H3. The highest BCUT2D eigenvalue weighted by atomic mass is 35.5. The van der Waals surface area contributed by atoms with E-state index in [0.717, 1.165) is 0 Å². The van der Waals surface area contributed by atoms with Crippen LogP contribution in [0.5, 0.6) is 0 Å². The third-order valence-electron chi connectivity index (χ3n) is 3.78. The van der Waals surface area contributed by atoms with Crippen LogP contribution in [-0.2, 0) is 26.2 Å². The van der Waals surface area contributed by atoms with Gasteiger partial charge in [0, 0.05) is 18.2 Å². The fourth-order valence-corrected chi connectivity index (χ4v) is 3.97. The highest BCUT2D eigenvalue weighted by Crippen LogP contribution is 2.27. The van der Waals surface area contributed by atoms with Gasteiger partial charge in [-0.05, 0) is 24.3 Å². The number of sulfonamides is 1. The zero-order chi connectivity index (χ0) is 18.9. The van der Waals surface area contributed by atoms with Crippen LogP contribution in [-0.4, -0.2) is 38.7 Å². The summed E-state index contributed by atoms with van der Waals surface area (Å²) < 4.78 is 46.6. The summed E-state index contributed by atoms with van der Waals surface area (Å²) in [4.78, 5) is 13.5. The number of benzene rings is 2. The maximum Gasteiger partial charge on any atom is 0.325 e. The van der Waals surface area contributed by atoms with Crippen LogP contribution in [0.15, 0.2) is 51.8 Å². The van der Waals surface area contributed by atoms with Crippen molar-refractivity contribution in [3.8, 4) is 0 Å². The number of likely N-dealkylation sites (N-methyl/N-ethyl adjacent to an activating group) is 1. The maximum atomic E-state index is 13.7. The second kappa shape index (κ2) is 7.05. The highest BCUT2D eigenvalue weighted by molar-refractivity contribution is 7.90. The number of hydrogen-bond acceptors (Lipinski definition) is 5. The van der Waals surface area contributed by atoms with Crippen LogP contribution in [0.1, 0.15) is 11.1 Å². The largest absolute Gasteiger partial charge is 0.459 e. The molecule has 9 heteroatoms. The minimum absolute atomic E-state index is 0.0799. The molecule has 0 unspecified atom stereocenters. The van der Waals surface area contributed by atoms with Crippen LogP contribution in [0, 0.1) is 5.82 Å². The third kappa shape index (κ3) is 3.56. The Hall–Kier alpha value is -2.45. The molecule has 0 spiro atoms. The van der Waals surface area contributed by atoms with E-state index in [-0.39, 0.29) is 34.5 Å².